The summed E-state index contributed by atoms with van der Waals surface area (Å²) in [4.78, 5) is 14.4. The quantitative estimate of drug-likeness (QED) is 0.785. The molecule has 0 amide bonds. The zero-order valence-electron chi connectivity index (χ0n) is 13.4. The van der Waals surface area contributed by atoms with Crippen LogP contribution in [0.25, 0.3) is 0 Å². The van der Waals surface area contributed by atoms with Gasteiger partial charge >= 0.3 is 5.97 Å². The second-order valence-electron chi connectivity index (χ2n) is 7.62. The Labute approximate surface area is 123 Å². The molecule has 0 saturated heterocycles. The van der Waals surface area contributed by atoms with Crippen molar-refractivity contribution in [3.8, 4) is 0 Å². The van der Waals surface area contributed by atoms with Gasteiger partial charge in [0, 0.05) is 12.6 Å². The average molecular weight is 282 g/mol. The zero-order chi connectivity index (χ0) is 15.0. The molecule has 2 N–H and O–H groups in total. The van der Waals surface area contributed by atoms with Crippen LogP contribution in [0.5, 0.6) is 0 Å². The average Bonchev–Trinajstić information content (AvgIpc) is 3.21. The molecule has 20 heavy (non-hydrogen) atoms. The van der Waals surface area contributed by atoms with Crippen LogP contribution in [0.15, 0.2) is 0 Å². The van der Waals surface area contributed by atoms with E-state index in [1.54, 1.807) is 0 Å². The molecule has 2 aliphatic carbocycles. The fraction of sp³-hybridized carbons (Fsp3) is 0.938. The van der Waals surface area contributed by atoms with E-state index in [-0.39, 0.29) is 5.97 Å². The first-order valence-electron chi connectivity index (χ1n) is 7.86. The van der Waals surface area contributed by atoms with Crippen molar-refractivity contribution >= 4 is 5.97 Å². The first kappa shape index (κ1) is 15.8. The summed E-state index contributed by atoms with van der Waals surface area (Å²) in [5, 5.41) is 0. The van der Waals surface area contributed by atoms with Crippen LogP contribution in [0.2, 0.25) is 0 Å². The Balaban J connectivity index is 1.95. The monoisotopic (exact) mass is 282 g/mol. The third-order valence-electron chi connectivity index (χ3n) is 5.31. The normalized spacial score (nSPS) is 26.3. The second kappa shape index (κ2) is 5.64. The Morgan fingerprint density at radius 1 is 1.30 bits per heavy atom. The van der Waals surface area contributed by atoms with Gasteiger partial charge in [-0.3, -0.25) is 4.79 Å². The molecule has 4 nitrogen and oxygen atoms in total. The number of carbonyl (C=O) groups is 1. The minimum atomic E-state index is -0.809. The van der Waals surface area contributed by atoms with Crippen molar-refractivity contribution in [2.75, 3.05) is 20.7 Å². The zero-order valence-corrected chi connectivity index (χ0v) is 13.4. The van der Waals surface area contributed by atoms with E-state index in [0.717, 1.165) is 12.8 Å². The summed E-state index contributed by atoms with van der Waals surface area (Å²) in [5.41, 5.74) is 6.06. The molecular weight excluding hydrogens is 252 g/mol. The van der Waals surface area contributed by atoms with Gasteiger partial charge in [0.1, 0.15) is 5.54 Å². The summed E-state index contributed by atoms with van der Waals surface area (Å²) in [6.45, 7) is 5.31. The molecule has 0 heterocycles. The van der Waals surface area contributed by atoms with E-state index in [1.807, 2.05) is 0 Å². The summed E-state index contributed by atoms with van der Waals surface area (Å²) in [6.07, 6.45) is 7.01. The highest BCUT2D eigenvalue weighted by Crippen LogP contribution is 2.41. The largest absolute Gasteiger partial charge is 0.468 e. The standard InChI is InChI=1S/C16H30N2O2/c1-15(2)9-7-13(8-10-15)18(3)11-16(17,12-5-6-12)14(19)20-4/h12-13H,5-11,17H2,1-4H3. The smallest absolute Gasteiger partial charge is 0.327 e. The topological polar surface area (TPSA) is 55.6 Å². The number of hydrogen-bond donors (Lipinski definition) is 1. The maximum absolute atomic E-state index is 12.1. The maximum Gasteiger partial charge on any atom is 0.327 e. The Kier molecular flexibility index (Phi) is 4.45. The minimum Gasteiger partial charge on any atom is -0.468 e. The van der Waals surface area contributed by atoms with Crippen LogP contribution >= 0.6 is 0 Å². The molecule has 0 bridgehead atoms. The number of nitrogens with two attached hydrogens (primary N) is 1. The van der Waals surface area contributed by atoms with Gasteiger partial charge in [0.15, 0.2) is 0 Å². The molecule has 0 aliphatic heterocycles. The molecule has 0 aromatic rings. The van der Waals surface area contributed by atoms with E-state index in [4.69, 9.17) is 10.5 Å². The highest BCUT2D eigenvalue weighted by molar-refractivity contribution is 5.81. The predicted molar refractivity (Wildman–Crippen MR) is 80.3 cm³/mol. The van der Waals surface area contributed by atoms with E-state index in [1.165, 1.54) is 32.8 Å². The van der Waals surface area contributed by atoms with Crippen molar-refractivity contribution < 1.29 is 9.53 Å². The molecule has 1 unspecified atom stereocenters. The van der Waals surface area contributed by atoms with Crippen molar-refractivity contribution in [1.82, 2.24) is 4.90 Å². The summed E-state index contributed by atoms with van der Waals surface area (Å²) < 4.78 is 4.95. The molecule has 2 aliphatic rings. The number of carbonyl (C=O) groups excluding carboxylic acids is 1. The van der Waals surface area contributed by atoms with Gasteiger partial charge in [0.05, 0.1) is 7.11 Å². The number of nitrogens with zero attached hydrogens (tertiary/aromatic N) is 1. The molecule has 2 saturated carbocycles. The van der Waals surface area contributed by atoms with Gasteiger partial charge in [-0.2, -0.15) is 0 Å². The summed E-state index contributed by atoms with van der Waals surface area (Å²) >= 11 is 0. The van der Waals surface area contributed by atoms with Crippen molar-refractivity contribution in [3.05, 3.63) is 0 Å². The van der Waals surface area contributed by atoms with E-state index >= 15 is 0 Å². The molecule has 0 radical (unpaired) electrons. The summed E-state index contributed by atoms with van der Waals surface area (Å²) in [6, 6.07) is 0.550. The van der Waals surface area contributed by atoms with E-state index in [0.29, 0.717) is 23.9 Å². The van der Waals surface area contributed by atoms with Crippen LogP contribution in [0, 0.1) is 11.3 Å². The molecule has 2 fully saturated rings. The first-order chi connectivity index (χ1) is 9.28. The van der Waals surface area contributed by atoms with Gasteiger partial charge < -0.3 is 15.4 Å². The number of methoxy groups -OCH3 is 1. The van der Waals surface area contributed by atoms with Crippen LogP contribution in [0.3, 0.4) is 0 Å². The van der Waals surface area contributed by atoms with Crippen molar-refractivity contribution in [2.45, 2.75) is 64.0 Å². The fourth-order valence-corrected chi connectivity index (χ4v) is 3.52. The van der Waals surface area contributed by atoms with Crippen LogP contribution < -0.4 is 5.73 Å². The van der Waals surface area contributed by atoms with Crippen LogP contribution in [-0.4, -0.2) is 43.2 Å². The molecule has 0 aromatic carbocycles. The Morgan fingerprint density at radius 3 is 2.30 bits per heavy atom. The Hall–Kier alpha value is -0.610. The minimum absolute atomic E-state index is 0.247. The van der Waals surface area contributed by atoms with Gasteiger partial charge in [-0.25, -0.2) is 0 Å². The third-order valence-corrected chi connectivity index (χ3v) is 5.31. The van der Waals surface area contributed by atoms with Crippen molar-refractivity contribution in [2.24, 2.45) is 17.1 Å². The van der Waals surface area contributed by atoms with Crippen LogP contribution in [0.4, 0.5) is 0 Å². The van der Waals surface area contributed by atoms with E-state index < -0.39 is 5.54 Å². The first-order valence-corrected chi connectivity index (χ1v) is 7.86. The van der Waals surface area contributed by atoms with Gasteiger partial charge in [-0.15, -0.1) is 0 Å². The number of hydrogen-bond acceptors (Lipinski definition) is 4. The van der Waals surface area contributed by atoms with Crippen molar-refractivity contribution in [1.29, 1.82) is 0 Å². The highest BCUT2D eigenvalue weighted by atomic mass is 16.5. The predicted octanol–water partition coefficient (Wildman–Crippen LogP) is 2.17. The van der Waals surface area contributed by atoms with E-state index in [9.17, 15) is 4.79 Å². The van der Waals surface area contributed by atoms with Gasteiger partial charge in [0.25, 0.3) is 0 Å². The lowest BCUT2D eigenvalue weighted by Crippen LogP contribution is -2.59. The second-order valence-corrected chi connectivity index (χ2v) is 7.62. The van der Waals surface area contributed by atoms with E-state index in [2.05, 4.69) is 25.8 Å². The SMILES string of the molecule is COC(=O)C(N)(CN(C)C1CCC(C)(C)CC1)C1CC1. The lowest BCUT2D eigenvalue weighted by Gasteiger charge is -2.41. The van der Waals surface area contributed by atoms with Gasteiger partial charge in [-0.1, -0.05) is 13.8 Å². The molecule has 2 rings (SSSR count). The van der Waals surface area contributed by atoms with Gasteiger partial charge in [-0.05, 0) is 56.9 Å². The van der Waals surface area contributed by atoms with Crippen LogP contribution in [0.1, 0.15) is 52.4 Å². The summed E-state index contributed by atoms with van der Waals surface area (Å²) in [5.74, 6) is 0.0559. The summed E-state index contributed by atoms with van der Waals surface area (Å²) in [7, 11) is 3.55. The fourth-order valence-electron chi connectivity index (χ4n) is 3.52. The molecule has 4 heteroatoms. The molecule has 0 aromatic heterocycles. The molecule has 1 atom stereocenters. The van der Waals surface area contributed by atoms with Gasteiger partial charge in [0.2, 0.25) is 0 Å². The Bertz CT molecular complexity index is 355. The lowest BCUT2D eigenvalue weighted by atomic mass is 9.75. The van der Waals surface area contributed by atoms with Crippen LogP contribution in [-0.2, 0) is 9.53 Å². The number of likely N-dealkylation sites (N-methyl/N-ethyl adjacent to an activating group) is 1. The maximum atomic E-state index is 12.1. The number of ether oxygens (including phenoxy) is 1. The molecule has 116 valence electrons. The molecule has 0 spiro atoms. The Morgan fingerprint density at radius 2 is 1.85 bits per heavy atom. The highest BCUT2D eigenvalue weighted by Gasteiger charge is 2.50. The van der Waals surface area contributed by atoms with Crippen molar-refractivity contribution in [3.63, 3.8) is 0 Å². The number of esters is 1. The number of rotatable bonds is 5. The lowest BCUT2D eigenvalue weighted by molar-refractivity contribution is -0.149. The third kappa shape index (κ3) is 3.34. The molecular formula is C16H30N2O2.